The molecular weight excluding hydrogens is 765 g/mol. The molecule has 0 heterocycles. The smallest absolute Gasteiger partial charge is 0.472 e. The Kier molecular flexibility index (Phi) is 36.8. The first kappa shape index (κ1) is 55.4. The average molecular weight is 844 g/mol. The lowest BCUT2D eigenvalue weighted by atomic mass is 10.0. The van der Waals surface area contributed by atoms with Crippen molar-refractivity contribution < 1.29 is 57.7 Å². The van der Waals surface area contributed by atoms with Crippen molar-refractivity contribution in [2.75, 3.05) is 19.8 Å². The van der Waals surface area contributed by atoms with Crippen LogP contribution in [0.1, 0.15) is 168 Å². The lowest BCUT2D eigenvalue weighted by molar-refractivity contribution is -0.161. The van der Waals surface area contributed by atoms with Gasteiger partial charge in [-0.25, -0.2) is 4.57 Å². The number of carbonyl (C=O) groups is 3. The fraction of sp³-hybridized carbons (Fsp3) is 0.750. The molecule has 0 radical (unpaired) electrons. The van der Waals surface area contributed by atoms with Crippen LogP contribution in [0.4, 0.5) is 0 Å². The number of hydrogen-bond acceptors (Lipinski definition) is 11. The van der Waals surface area contributed by atoms with Gasteiger partial charge in [0.15, 0.2) is 6.10 Å². The Morgan fingerprint density at radius 2 is 1.12 bits per heavy atom. The number of unbranched alkanes of at least 4 members (excludes halogenated alkanes) is 17. The van der Waals surface area contributed by atoms with Crippen LogP contribution in [-0.2, 0) is 37.5 Å². The highest BCUT2D eigenvalue weighted by Crippen LogP contribution is 2.43. The molecule has 6 N–H and O–H groups in total. The molecule has 0 aliphatic carbocycles. The van der Waals surface area contributed by atoms with E-state index in [4.69, 9.17) is 24.8 Å². The van der Waals surface area contributed by atoms with Crippen LogP contribution in [0.25, 0.3) is 0 Å². The van der Waals surface area contributed by atoms with Gasteiger partial charge in [-0.15, -0.1) is 0 Å². The van der Waals surface area contributed by atoms with E-state index in [0.717, 1.165) is 32.1 Å². The van der Waals surface area contributed by atoms with Crippen molar-refractivity contribution in [1.82, 2.24) is 0 Å². The molecule has 0 bridgehead atoms. The maximum atomic E-state index is 12.6. The molecule has 58 heavy (non-hydrogen) atoms. The highest BCUT2D eigenvalue weighted by Gasteiger charge is 2.28. The zero-order valence-electron chi connectivity index (χ0n) is 35.6. The normalized spacial score (nSPS) is 15.3. The van der Waals surface area contributed by atoms with E-state index in [1.807, 2.05) is 6.08 Å². The van der Waals surface area contributed by atoms with E-state index in [0.29, 0.717) is 12.8 Å². The monoisotopic (exact) mass is 844 g/mol. The van der Waals surface area contributed by atoms with E-state index < -0.39 is 69.9 Å². The van der Waals surface area contributed by atoms with Gasteiger partial charge in [0, 0.05) is 12.8 Å². The molecule has 0 aromatic heterocycles. The number of rotatable bonds is 40. The fourth-order valence-electron chi connectivity index (χ4n) is 5.73. The highest BCUT2D eigenvalue weighted by atomic mass is 31.2. The third kappa shape index (κ3) is 37.6. The van der Waals surface area contributed by atoms with Gasteiger partial charge in [-0.2, -0.15) is 0 Å². The predicted molar refractivity (Wildman–Crippen MR) is 229 cm³/mol. The third-order valence-electron chi connectivity index (χ3n) is 9.27. The van der Waals surface area contributed by atoms with E-state index in [9.17, 15) is 34.1 Å². The largest absolute Gasteiger partial charge is 0.480 e. The Bertz CT molecular complexity index is 1210. The molecule has 0 aliphatic rings. The number of allylic oxidation sites excluding steroid dienone is 5. The predicted octanol–water partition coefficient (Wildman–Crippen LogP) is 9.34. The minimum absolute atomic E-state index is 0.0985. The molecule has 0 saturated carbocycles. The van der Waals surface area contributed by atoms with Crippen LogP contribution in [0.2, 0.25) is 0 Å². The summed E-state index contributed by atoms with van der Waals surface area (Å²) in [5.74, 6) is -2.65. The summed E-state index contributed by atoms with van der Waals surface area (Å²) in [5, 5.41) is 29.2. The summed E-state index contributed by atoms with van der Waals surface area (Å²) in [5.41, 5.74) is 5.31. The van der Waals surface area contributed by atoms with Gasteiger partial charge < -0.3 is 35.4 Å². The van der Waals surface area contributed by atoms with E-state index >= 15 is 0 Å². The average Bonchev–Trinajstić information content (AvgIpc) is 3.19. The molecule has 0 saturated heterocycles. The number of phosphoric ester groups is 1. The summed E-state index contributed by atoms with van der Waals surface area (Å²) < 4.78 is 32.5. The second kappa shape index (κ2) is 38.6. The number of aliphatic hydroxyl groups excluding tert-OH is 2. The van der Waals surface area contributed by atoms with E-state index in [1.54, 1.807) is 36.5 Å². The van der Waals surface area contributed by atoms with Gasteiger partial charge in [0.2, 0.25) is 0 Å². The summed E-state index contributed by atoms with van der Waals surface area (Å²) in [7, 11) is -4.78. The van der Waals surface area contributed by atoms with Gasteiger partial charge in [-0.3, -0.25) is 23.4 Å². The molecule has 0 spiro atoms. The quantitative estimate of drug-likeness (QED) is 0.0128. The van der Waals surface area contributed by atoms with Crippen LogP contribution in [0.15, 0.2) is 48.6 Å². The van der Waals surface area contributed by atoms with Crippen molar-refractivity contribution >= 4 is 25.7 Å². The van der Waals surface area contributed by atoms with Gasteiger partial charge in [-0.1, -0.05) is 165 Å². The summed E-state index contributed by atoms with van der Waals surface area (Å²) in [6.07, 6.45) is 35.2. The molecule has 13 nitrogen and oxygen atoms in total. The number of carbonyl (C=O) groups excluding carboxylic acids is 2. The Labute approximate surface area is 349 Å². The second-order valence-corrected chi connectivity index (χ2v) is 16.3. The SMILES string of the molecule is CCCCC/C=C\C[C@H](O)/C=C/C=C/C=C\[C@H](O)CCCC(=O)O[C@H](COC(=O)CCCCCCCCCCCCCCCCC)COP(=O)(O)OC[C@H](N)C(=O)O. The third-order valence-corrected chi connectivity index (χ3v) is 10.2. The van der Waals surface area contributed by atoms with E-state index in [1.165, 1.54) is 83.5 Å². The standard InChI is InChI=1S/C44H78NO12P/c1-3-5-7-9-11-12-13-14-15-16-17-18-19-21-27-33-42(48)54-35-40(36-55-58(52,53)56-37-41(45)44(50)51)57-43(49)34-28-32-39(47)31-26-23-22-25-30-38(46)29-24-20-10-8-6-4-2/h20,22-26,30-31,38-41,46-47H,3-19,21,27-29,32-37,45H2,1-2H3,(H,50,51)(H,52,53)/b23-22+,24-20-,30-25+,31-26-/t38-,39-,40+,41-/m0/s1. The first-order chi connectivity index (χ1) is 27.9. The minimum atomic E-state index is -4.78. The van der Waals surface area contributed by atoms with Crippen molar-refractivity contribution in [3.05, 3.63) is 48.6 Å². The first-order valence-electron chi connectivity index (χ1n) is 21.9. The minimum Gasteiger partial charge on any atom is -0.480 e. The number of nitrogens with two attached hydrogens (primary N) is 1. The lowest BCUT2D eigenvalue weighted by Crippen LogP contribution is -2.34. The summed E-state index contributed by atoms with van der Waals surface area (Å²) in [6.45, 7) is 2.49. The Morgan fingerprint density at radius 3 is 1.69 bits per heavy atom. The summed E-state index contributed by atoms with van der Waals surface area (Å²) in [6, 6.07) is -1.56. The zero-order chi connectivity index (χ0) is 43.1. The van der Waals surface area contributed by atoms with Crippen LogP contribution in [-0.4, -0.2) is 82.3 Å². The van der Waals surface area contributed by atoms with Crippen LogP contribution in [0.3, 0.4) is 0 Å². The van der Waals surface area contributed by atoms with Gasteiger partial charge in [0.25, 0.3) is 0 Å². The van der Waals surface area contributed by atoms with Crippen LogP contribution in [0, 0.1) is 0 Å². The maximum absolute atomic E-state index is 12.6. The fourth-order valence-corrected chi connectivity index (χ4v) is 6.51. The van der Waals surface area contributed by atoms with Crippen molar-refractivity contribution in [3.8, 4) is 0 Å². The number of esters is 2. The van der Waals surface area contributed by atoms with Crippen LogP contribution < -0.4 is 5.73 Å². The number of hydrogen-bond donors (Lipinski definition) is 5. The number of carboxylic acid groups (broad SMARTS) is 1. The van der Waals surface area contributed by atoms with Crippen molar-refractivity contribution in [3.63, 3.8) is 0 Å². The first-order valence-corrected chi connectivity index (χ1v) is 23.4. The molecule has 0 fully saturated rings. The molecule has 0 aromatic rings. The van der Waals surface area contributed by atoms with Crippen molar-refractivity contribution in [2.45, 2.75) is 192 Å². The Hall–Kier alpha value is -2.64. The molecule has 0 aromatic carbocycles. The Morgan fingerprint density at radius 1 is 0.621 bits per heavy atom. The lowest BCUT2D eigenvalue weighted by Gasteiger charge is -2.20. The maximum Gasteiger partial charge on any atom is 0.472 e. The van der Waals surface area contributed by atoms with Gasteiger partial charge >= 0.3 is 25.7 Å². The number of aliphatic carboxylic acids is 1. The second-order valence-electron chi connectivity index (χ2n) is 14.9. The Balaban J connectivity index is 4.63. The molecule has 0 rings (SSSR count). The van der Waals surface area contributed by atoms with Crippen molar-refractivity contribution in [2.24, 2.45) is 5.73 Å². The van der Waals surface area contributed by atoms with Gasteiger partial charge in [-0.05, 0) is 38.5 Å². The number of phosphoric acid groups is 1. The molecule has 0 amide bonds. The topological polar surface area (TPSA) is 212 Å². The molecule has 1 unspecified atom stereocenters. The summed E-state index contributed by atoms with van der Waals surface area (Å²) >= 11 is 0. The molecule has 0 aliphatic heterocycles. The number of carboxylic acids is 1. The summed E-state index contributed by atoms with van der Waals surface area (Å²) in [4.78, 5) is 46.0. The van der Waals surface area contributed by atoms with Crippen LogP contribution >= 0.6 is 7.82 Å². The van der Waals surface area contributed by atoms with E-state index in [-0.39, 0.29) is 25.7 Å². The number of ether oxygens (including phenoxy) is 2. The molecular formula is C44H78NO12P. The molecule has 14 heteroatoms. The zero-order valence-corrected chi connectivity index (χ0v) is 36.5. The number of aliphatic hydroxyl groups is 2. The van der Waals surface area contributed by atoms with Crippen molar-refractivity contribution in [1.29, 1.82) is 0 Å². The molecule has 336 valence electrons. The van der Waals surface area contributed by atoms with E-state index in [2.05, 4.69) is 24.4 Å². The molecule has 5 atom stereocenters. The van der Waals surface area contributed by atoms with Crippen LogP contribution in [0.5, 0.6) is 0 Å². The highest BCUT2D eigenvalue weighted by molar-refractivity contribution is 7.47. The van der Waals surface area contributed by atoms with Gasteiger partial charge in [0.05, 0.1) is 25.4 Å². The van der Waals surface area contributed by atoms with Gasteiger partial charge in [0.1, 0.15) is 12.6 Å².